The average molecular weight is 337 g/mol. The maximum Gasteiger partial charge on any atom is 0.336 e. The highest BCUT2D eigenvalue weighted by molar-refractivity contribution is 6.38. The molecule has 0 aliphatic rings. The number of halogens is 2. The first-order chi connectivity index (χ1) is 10.4. The lowest BCUT2D eigenvalue weighted by atomic mass is 9.98. The zero-order chi connectivity index (χ0) is 16.3. The number of aryl methyl sites for hydroxylation is 1. The lowest BCUT2D eigenvalue weighted by molar-refractivity contribution is -0.130. The molecule has 3 nitrogen and oxygen atoms in total. The summed E-state index contributed by atoms with van der Waals surface area (Å²) in [5.41, 5.74) is 1.98. The van der Waals surface area contributed by atoms with Crippen molar-refractivity contribution in [3.05, 3.63) is 63.1 Å². The van der Waals surface area contributed by atoms with Crippen LogP contribution in [0.4, 0.5) is 0 Å². The van der Waals surface area contributed by atoms with Gasteiger partial charge in [-0.05, 0) is 48.4 Å². The van der Waals surface area contributed by atoms with Crippen LogP contribution in [0.25, 0.3) is 11.6 Å². The summed E-state index contributed by atoms with van der Waals surface area (Å²) in [6.45, 7) is 1.82. The van der Waals surface area contributed by atoms with E-state index in [0.717, 1.165) is 5.56 Å². The van der Waals surface area contributed by atoms with Crippen molar-refractivity contribution in [1.82, 2.24) is 0 Å². The molecule has 0 amide bonds. The van der Waals surface area contributed by atoms with E-state index < -0.39 is 5.97 Å². The van der Waals surface area contributed by atoms with E-state index >= 15 is 0 Å². The second-order valence-electron chi connectivity index (χ2n) is 4.68. The minimum atomic E-state index is -1.05. The first-order valence-corrected chi connectivity index (χ1v) is 7.23. The van der Waals surface area contributed by atoms with Crippen molar-refractivity contribution < 1.29 is 14.6 Å². The summed E-state index contributed by atoms with van der Waals surface area (Å²) in [5.74, 6) is -0.383. The van der Waals surface area contributed by atoms with Crippen molar-refractivity contribution in [2.24, 2.45) is 0 Å². The summed E-state index contributed by atoms with van der Waals surface area (Å²) in [7, 11) is 1.56. The van der Waals surface area contributed by atoms with E-state index in [4.69, 9.17) is 27.9 Å². The molecule has 0 atom stereocenters. The Kier molecular flexibility index (Phi) is 5.11. The lowest BCUT2D eigenvalue weighted by Gasteiger charge is -2.10. The van der Waals surface area contributed by atoms with Crippen LogP contribution in [0.1, 0.15) is 16.7 Å². The van der Waals surface area contributed by atoms with E-state index in [0.29, 0.717) is 26.9 Å². The number of carboxylic acids is 1. The van der Waals surface area contributed by atoms with Crippen LogP contribution < -0.4 is 4.74 Å². The van der Waals surface area contributed by atoms with Gasteiger partial charge in [0.2, 0.25) is 0 Å². The summed E-state index contributed by atoms with van der Waals surface area (Å²) in [5, 5.41) is 10.3. The lowest BCUT2D eigenvalue weighted by Crippen LogP contribution is -2.02. The molecule has 0 bridgehead atoms. The topological polar surface area (TPSA) is 46.5 Å². The van der Waals surface area contributed by atoms with E-state index in [1.165, 1.54) is 6.08 Å². The van der Waals surface area contributed by atoms with Crippen molar-refractivity contribution in [2.75, 3.05) is 7.11 Å². The van der Waals surface area contributed by atoms with Crippen LogP contribution in [-0.2, 0) is 4.79 Å². The zero-order valence-corrected chi connectivity index (χ0v) is 13.6. The summed E-state index contributed by atoms with van der Waals surface area (Å²) in [4.78, 5) is 11.6. The predicted octanol–water partition coefficient (Wildman–Crippen LogP) is 4.94. The van der Waals surface area contributed by atoms with Gasteiger partial charge in [0.05, 0.1) is 12.7 Å². The molecule has 114 valence electrons. The summed E-state index contributed by atoms with van der Waals surface area (Å²) < 4.78 is 5.14. The number of hydrogen-bond donors (Lipinski definition) is 1. The van der Waals surface area contributed by atoms with Crippen LogP contribution in [0.3, 0.4) is 0 Å². The highest BCUT2D eigenvalue weighted by atomic mass is 35.5. The van der Waals surface area contributed by atoms with Gasteiger partial charge in [0, 0.05) is 15.6 Å². The highest BCUT2D eigenvalue weighted by Crippen LogP contribution is 2.31. The van der Waals surface area contributed by atoms with Crippen molar-refractivity contribution >= 4 is 40.8 Å². The molecule has 2 aromatic carbocycles. The van der Waals surface area contributed by atoms with Crippen LogP contribution in [0.5, 0.6) is 5.75 Å². The van der Waals surface area contributed by atoms with Crippen LogP contribution in [-0.4, -0.2) is 18.2 Å². The third-order valence-corrected chi connectivity index (χ3v) is 3.90. The number of hydrogen-bond acceptors (Lipinski definition) is 2. The molecule has 0 fully saturated rings. The van der Waals surface area contributed by atoms with Gasteiger partial charge in [-0.2, -0.15) is 0 Å². The highest BCUT2D eigenvalue weighted by Gasteiger charge is 2.15. The maximum absolute atomic E-state index is 11.6. The van der Waals surface area contributed by atoms with Crippen molar-refractivity contribution in [2.45, 2.75) is 6.92 Å². The largest absolute Gasteiger partial charge is 0.497 e. The smallest absolute Gasteiger partial charge is 0.336 e. The Hall–Kier alpha value is -1.97. The van der Waals surface area contributed by atoms with Gasteiger partial charge >= 0.3 is 5.97 Å². The van der Waals surface area contributed by atoms with Gasteiger partial charge in [-0.15, -0.1) is 0 Å². The molecule has 0 aliphatic carbocycles. The molecule has 0 radical (unpaired) electrons. The number of carboxylic acid groups (broad SMARTS) is 1. The number of ether oxygens (including phenoxy) is 1. The van der Waals surface area contributed by atoms with Crippen molar-refractivity contribution in [1.29, 1.82) is 0 Å². The summed E-state index contributed by atoms with van der Waals surface area (Å²) in [6, 6.07) is 10.2. The molecule has 22 heavy (non-hydrogen) atoms. The number of benzene rings is 2. The Morgan fingerprint density at radius 2 is 1.82 bits per heavy atom. The molecule has 0 heterocycles. The Morgan fingerprint density at radius 1 is 1.18 bits per heavy atom. The quantitative estimate of drug-likeness (QED) is 0.635. The fraction of sp³-hybridized carbons (Fsp3) is 0.118. The Bertz CT molecular complexity index is 731. The number of aliphatic carboxylic acids is 1. The van der Waals surface area contributed by atoms with Gasteiger partial charge in [-0.25, -0.2) is 4.79 Å². The average Bonchev–Trinajstić information content (AvgIpc) is 2.47. The van der Waals surface area contributed by atoms with Gasteiger partial charge in [0.15, 0.2) is 0 Å². The molecule has 2 rings (SSSR count). The van der Waals surface area contributed by atoms with Crippen LogP contribution >= 0.6 is 23.2 Å². The van der Waals surface area contributed by atoms with Gasteiger partial charge in [-0.1, -0.05) is 35.3 Å². The second kappa shape index (κ2) is 6.86. The summed E-state index contributed by atoms with van der Waals surface area (Å²) in [6.07, 6.45) is 1.49. The molecule has 0 aliphatic heterocycles. The first kappa shape index (κ1) is 16.4. The normalized spacial score (nSPS) is 11.4. The first-order valence-electron chi connectivity index (χ1n) is 6.48. The molecule has 0 unspecified atom stereocenters. The minimum absolute atomic E-state index is 0.121. The Labute approximate surface area is 138 Å². The number of carbonyl (C=O) groups is 1. The number of methoxy groups -OCH3 is 1. The molecule has 2 aromatic rings. The third kappa shape index (κ3) is 3.43. The van der Waals surface area contributed by atoms with Gasteiger partial charge < -0.3 is 9.84 Å². The molecule has 0 saturated carbocycles. The van der Waals surface area contributed by atoms with Crippen molar-refractivity contribution in [3.63, 3.8) is 0 Å². The fourth-order valence-corrected chi connectivity index (χ4v) is 2.62. The SMILES string of the molecule is COc1ccc(/C(=C/c2c(Cl)cccc2Cl)C(=O)O)c(C)c1. The zero-order valence-electron chi connectivity index (χ0n) is 12.1. The molecule has 0 aromatic heterocycles. The summed E-state index contributed by atoms with van der Waals surface area (Å²) >= 11 is 12.2. The van der Waals surface area contributed by atoms with Gasteiger partial charge in [-0.3, -0.25) is 0 Å². The Morgan fingerprint density at radius 3 is 2.32 bits per heavy atom. The van der Waals surface area contributed by atoms with Crippen LogP contribution in [0.15, 0.2) is 36.4 Å². The van der Waals surface area contributed by atoms with Crippen LogP contribution in [0.2, 0.25) is 10.0 Å². The second-order valence-corrected chi connectivity index (χ2v) is 5.49. The van der Waals surface area contributed by atoms with E-state index in [9.17, 15) is 9.90 Å². The molecule has 0 spiro atoms. The molecular weight excluding hydrogens is 323 g/mol. The van der Waals surface area contributed by atoms with E-state index in [1.807, 2.05) is 6.92 Å². The number of rotatable bonds is 4. The van der Waals surface area contributed by atoms with Crippen molar-refractivity contribution in [3.8, 4) is 5.75 Å². The molecule has 0 saturated heterocycles. The van der Waals surface area contributed by atoms with E-state index in [2.05, 4.69) is 0 Å². The van der Waals surface area contributed by atoms with Gasteiger partial charge in [0.1, 0.15) is 5.75 Å². The predicted molar refractivity (Wildman–Crippen MR) is 89.7 cm³/mol. The third-order valence-electron chi connectivity index (χ3n) is 3.24. The van der Waals surface area contributed by atoms with Gasteiger partial charge in [0.25, 0.3) is 0 Å². The molecular formula is C17H14Cl2O3. The molecule has 5 heteroatoms. The van der Waals surface area contributed by atoms with Crippen LogP contribution in [0, 0.1) is 6.92 Å². The fourth-order valence-electron chi connectivity index (χ4n) is 2.11. The standard InChI is InChI=1S/C17H14Cl2O3/c1-10-8-11(22-2)6-7-12(10)13(17(20)21)9-14-15(18)4-3-5-16(14)19/h3-9H,1-2H3,(H,20,21)/b13-9-. The van der Waals surface area contributed by atoms with E-state index in [1.54, 1.807) is 43.5 Å². The Balaban J connectivity index is 2.61. The minimum Gasteiger partial charge on any atom is -0.497 e. The van der Waals surface area contributed by atoms with E-state index in [-0.39, 0.29) is 5.57 Å². The molecule has 1 N–H and O–H groups in total. The monoisotopic (exact) mass is 336 g/mol. The maximum atomic E-state index is 11.6.